The van der Waals surface area contributed by atoms with Crippen molar-refractivity contribution in [2.75, 3.05) is 5.75 Å². The summed E-state index contributed by atoms with van der Waals surface area (Å²) in [4.78, 5) is 12.7. The van der Waals surface area contributed by atoms with E-state index >= 15 is 0 Å². The molecule has 0 atom stereocenters. The number of Topliss-reactive ketones (excluding diaryl/α,β-unsaturated/α-hetero) is 1. The van der Waals surface area contributed by atoms with Gasteiger partial charge in [0.15, 0.2) is 0 Å². The first-order valence-electron chi connectivity index (χ1n) is 5.44. The molecule has 15 heavy (non-hydrogen) atoms. The Balaban J connectivity index is 2.37. The number of ketones is 1. The van der Waals surface area contributed by atoms with Gasteiger partial charge in [-0.05, 0) is 25.0 Å². The first-order valence-corrected chi connectivity index (χ1v) is 6.42. The number of unbranched alkanes of at least 4 members (excludes halogenated alkanes) is 1. The summed E-state index contributed by atoms with van der Waals surface area (Å²) in [5, 5.41) is 0. The molecule has 1 rings (SSSR count). The summed E-state index contributed by atoms with van der Waals surface area (Å²) < 4.78 is 0. The number of hydrogen-bond donors (Lipinski definition) is 0. The molecule has 82 valence electrons. The zero-order valence-corrected chi connectivity index (χ0v) is 10.3. The van der Waals surface area contributed by atoms with Gasteiger partial charge >= 0.3 is 0 Å². The molecule has 0 fully saturated rings. The number of aryl methyl sites for hydroxylation is 1. The van der Waals surface area contributed by atoms with Crippen molar-refractivity contribution >= 4 is 17.5 Å². The quantitative estimate of drug-likeness (QED) is 0.680. The summed E-state index contributed by atoms with van der Waals surface area (Å²) in [5.41, 5.74) is 1.26. The van der Waals surface area contributed by atoms with Crippen LogP contribution in [-0.4, -0.2) is 11.5 Å². The normalized spacial score (nSPS) is 10.3. The van der Waals surface area contributed by atoms with Gasteiger partial charge in [0, 0.05) is 11.3 Å². The number of rotatable bonds is 6. The molecule has 0 aliphatic rings. The van der Waals surface area contributed by atoms with Crippen molar-refractivity contribution in [3.63, 3.8) is 0 Å². The van der Waals surface area contributed by atoms with Gasteiger partial charge in [0.2, 0.25) is 0 Å². The highest BCUT2D eigenvalue weighted by Gasteiger charge is 2.03. The molecule has 0 amide bonds. The molecule has 0 spiro atoms. The topological polar surface area (TPSA) is 17.1 Å². The van der Waals surface area contributed by atoms with Crippen LogP contribution in [0.25, 0.3) is 0 Å². The summed E-state index contributed by atoms with van der Waals surface area (Å²) in [6, 6.07) is 8.20. The van der Waals surface area contributed by atoms with Gasteiger partial charge in [0.05, 0.1) is 5.75 Å². The Hall–Kier alpha value is -0.760. The minimum Gasteiger partial charge on any atom is -0.299 e. The second-order valence-corrected chi connectivity index (χ2v) is 4.71. The molecule has 0 saturated heterocycles. The fourth-order valence-corrected chi connectivity index (χ4v) is 2.25. The van der Waals surface area contributed by atoms with Crippen LogP contribution in [0.15, 0.2) is 29.2 Å². The van der Waals surface area contributed by atoms with Crippen molar-refractivity contribution in [2.24, 2.45) is 0 Å². The Morgan fingerprint density at radius 3 is 2.73 bits per heavy atom. The van der Waals surface area contributed by atoms with Gasteiger partial charge in [-0.1, -0.05) is 31.5 Å². The average molecular weight is 222 g/mol. The molecule has 0 unspecified atom stereocenters. The van der Waals surface area contributed by atoms with Crippen LogP contribution in [0.3, 0.4) is 0 Å². The van der Waals surface area contributed by atoms with E-state index in [1.54, 1.807) is 11.8 Å². The summed E-state index contributed by atoms with van der Waals surface area (Å²) in [6.45, 7) is 4.20. The van der Waals surface area contributed by atoms with E-state index < -0.39 is 0 Å². The van der Waals surface area contributed by atoms with Gasteiger partial charge in [-0.15, -0.1) is 11.8 Å². The molecule has 0 aliphatic carbocycles. The fourth-order valence-electron chi connectivity index (χ4n) is 1.32. The lowest BCUT2D eigenvalue weighted by atomic mass is 10.2. The van der Waals surface area contributed by atoms with E-state index in [4.69, 9.17) is 0 Å². The molecule has 0 aromatic heterocycles. The number of carbonyl (C=O) groups is 1. The molecular formula is C13H18OS. The lowest BCUT2D eigenvalue weighted by Crippen LogP contribution is -2.00. The van der Waals surface area contributed by atoms with Crippen LogP contribution in [-0.2, 0) is 4.79 Å². The predicted molar refractivity (Wildman–Crippen MR) is 66.4 cm³/mol. The van der Waals surface area contributed by atoms with Crippen molar-refractivity contribution in [2.45, 2.75) is 38.0 Å². The van der Waals surface area contributed by atoms with Gasteiger partial charge in [0.1, 0.15) is 5.78 Å². The molecule has 0 bridgehead atoms. The summed E-state index contributed by atoms with van der Waals surface area (Å²) in [6.07, 6.45) is 2.85. The number of hydrogen-bond acceptors (Lipinski definition) is 2. The highest BCUT2D eigenvalue weighted by molar-refractivity contribution is 8.00. The third-order valence-corrected chi connectivity index (χ3v) is 3.53. The minimum atomic E-state index is 0.366. The van der Waals surface area contributed by atoms with Gasteiger partial charge in [-0.25, -0.2) is 0 Å². The summed E-state index contributed by atoms with van der Waals surface area (Å²) >= 11 is 1.66. The van der Waals surface area contributed by atoms with Gasteiger partial charge < -0.3 is 0 Å². The van der Waals surface area contributed by atoms with E-state index in [9.17, 15) is 4.79 Å². The lowest BCUT2D eigenvalue weighted by molar-refractivity contribution is -0.116. The average Bonchev–Trinajstić information content (AvgIpc) is 2.25. The highest BCUT2D eigenvalue weighted by atomic mass is 32.2. The van der Waals surface area contributed by atoms with E-state index in [1.807, 2.05) is 12.1 Å². The van der Waals surface area contributed by atoms with E-state index in [2.05, 4.69) is 26.0 Å². The molecule has 1 nitrogen and oxygen atoms in total. The molecule has 2 heteroatoms. The van der Waals surface area contributed by atoms with Crippen LogP contribution in [0, 0.1) is 6.92 Å². The number of benzene rings is 1. The van der Waals surface area contributed by atoms with Crippen molar-refractivity contribution in [3.8, 4) is 0 Å². The second-order valence-electron chi connectivity index (χ2n) is 3.70. The highest BCUT2D eigenvalue weighted by Crippen LogP contribution is 2.22. The Morgan fingerprint density at radius 2 is 2.07 bits per heavy atom. The molecule has 0 N–H and O–H groups in total. The van der Waals surface area contributed by atoms with Crippen molar-refractivity contribution in [1.29, 1.82) is 0 Å². The monoisotopic (exact) mass is 222 g/mol. The molecule has 1 aromatic rings. The summed E-state index contributed by atoms with van der Waals surface area (Å²) in [5.74, 6) is 0.982. The standard InChI is InChI=1S/C13H18OS/c1-3-4-8-12(14)10-15-13-9-6-5-7-11(13)2/h5-7,9H,3-4,8,10H2,1-2H3. The largest absolute Gasteiger partial charge is 0.299 e. The van der Waals surface area contributed by atoms with Gasteiger partial charge in [0.25, 0.3) is 0 Å². The summed E-state index contributed by atoms with van der Waals surface area (Å²) in [7, 11) is 0. The maximum atomic E-state index is 11.5. The predicted octanol–water partition coefficient (Wildman–Crippen LogP) is 3.85. The van der Waals surface area contributed by atoms with Crippen LogP contribution in [0.5, 0.6) is 0 Å². The van der Waals surface area contributed by atoms with E-state index in [0.717, 1.165) is 19.3 Å². The zero-order valence-electron chi connectivity index (χ0n) is 9.45. The smallest absolute Gasteiger partial charge is 0.143 e. The first-order chi connectivity index (χ1) is 7.24. The Kier molecular flexibility index (Phi) is 5.48. The van der Waals surface area contributed by atoms with Crippen LogP contribution in [0.2, 0.25) is 0 Å². The molecule has 0 aliphatic heterocycles. The molecular weight excluding hydrogens is 204 g/mol. The van der Waals surface area contributed by atoms with Crippen molar-refractivity contribution < 1.29 is 4.79 Å². The van der Waals surface area contributed by atoms with Crippen LogP contribution >= 0.6 is 11.8 Å². The third-order valence-electron chi connectivity index (χ3n) is 2.29. The molecule has 0 saturated carbocycles. The third kappa shape index (κ3) is 4.52. The van der Waals surface area contributed by atoms with Crippen LogP contribution in [0.1, 0.15) is 31.7 Å². The van der Waals surface area contributed by atoms with Crippen molar-refractivity contribution in [3.05, 3.63) is 29.8 Å². The van der Waals surface area contributed by atoms with E-state index in [1.165, 1.54) is 10.5 Å². The van der Waals surface area contributed by atoms with E-state index in [0.29, 0.717) is 11.5 Å². The van der Waals surface area contributed by atoms with Gasteiger partial charge in [-0.2, -0.15) is 0 Å². The zero-order chi connectivity index (χ0) is 11.1. The van der Waals surface area contributed by atoms with Crippen LogP contribution in [0.4, 0.5) is 0 Å². The molecule has 0 radical (unpaired) electrons. The van der Waals surface area contributed by atoms with E-state index in [-0.39, 0.29) is 0 Å². The fraction of sp³-hybridized carbons (Fsp3) is 0.462. The number of thioether (sulfide) groups is 1. The molecule has 0 heterocycles. The number of carbonyl (C=O) groups excluding carboxylic acids is 1. The SMILES string of the molecule is CCCCC(=O)CSc1ccccc1C. The van der Waals surface area contributed by atoms with Gasteiger partial charge in [-0.3, -0.25) is 4.79 Å². The maximum absolute atomic E-state index is 11.5. The Bertz CT molecular complexity index is 320. The minimum absolute atomic E-state index is 0.366. The lowest BCUT2D eigenvalue weighted by Gasteiger charge is -2.04. The second kappa shape index (κ2) is 6.67. The molecule has 1 aromatic carbocycles. The van der Waals surface area contributed by atoms with Crippen molar-refractivity contribution in [1.82, 2.24) is 0 Å². The van der Waals surface area contributed by atoms with Crippen LogP contribution < -0.4 is 0 Å². The maximum Gasteiger partial charge on any atom is 0.143 e. The Labute approximate surface area is 96.3 Å². The Morgan fingerprint density at radius 1 is 1.33 bits per heavy atom. The first kappa shape index (κ1) is 12.3.